The quantitative estimate of drug-likeness (QED) is 0.587. The molecule has 2 saturated carbocycles. The number of aliphatic hydroxyl groups is 1. The molecule has 2 rings (SSSR count). The highest BCUT2D eigenvalue weighted by atomic mass is 16.3. The van der Waals surface area contributed by atoms with Crippen LogP contribution in [-0.2, 0) is 4.79 Å². The van der Waals surface area contributed by atoms with E-state index in [1.165, 1.54) is 12.0 Å². The van der Waals surface area contributed by atoms with Crippen LogP contribution in [0, 0.1) is 28.6 Å². The van der Waals surface area contributed by atoms with Crippen LogP contribution in [-0.4, -0.2) is 17.5 Å². The van der Waals surface area contributed by atoms with E-state index in [1.807, 2.05) is 0 Å². The normalized spacial score (nSPS) is 39.1. The summed E-state index contributed by atoms with van der Waals surface area (Å²) >= 11 is 0. The van der Waals surface area contributed by atoms with Gasteiger partial charge in [-0.3, -0.25) is 0 Å². The van der Waals surface area contributed by atoms with E-state index in [1.54, 1.807) is 0 Å². The lowest BCUT2D eigenvalue weighted by Crippen LogP contribution is -2.54. The number of carbonyl (C=O) groups is 1. The first-order chi connectivity index (χ1) is 10.2. The molecule has 2 aliphatic carbocycles. The average Bonchev–Trinajstić information content (AvgIpc) is 2.43. The lowest BCUT2D eigenvalue weighted by atomic mass is 9.46. The standard InChI is InChI=1S/C20H34O2/c1-14(11-13-21)6-8-16-15(2)7-9-17-19(3,4)18(22)10-12-20(16,17)5/h13-14,16-18,22H,2,6-12H2,1,3-5H3/t14-,16-,17-,18-,20+/m0/s1. The van der Waals surface area contributed by atoms with Crippen molar-refractivity contribution in [3.63, 3.8) is 0 Å². The number of rotatable bonds is 5. The summed E-state index contributed by atoms with van der Waals surface area (Å²) in [6.45, 7) is 13.5. The minimum Gasteiger partial charge on any atom is -0.393 e. The van der Waals surface area contributed by atoms with Crippen LogP contribution in [0.25, 0.3) is 0 Å². The van der Waals surface area contributed by atoms with Crippen LogP contribution in [0.4, 0.5) is 0 Å². The molecule has 2 aliphatic rings. The highest BCUT2D eigenvalue weighted by Crippen LogP contribution is 2.61. The molecule has 22 heavy (non-hydrogen) atoms. The predicted molar refractivity (Wildman–Crippen MR) is 91.6 cm³/mol. The van der Waals surface area contributed by atoms with Crippen molar-refractivity contribution in [1.82, 2.24) is 0 Å². The van der Waals surface area contributed by atoms with E-state index < -0.39 is 0 Å². The summed E-state index contributed by atoms with van der Waals surface area (Å²) < 4.78 is 0. The molecule has 0 aromatic rings. The van der Waals surface area contributed by atoms with Crippen LogP contribution in [0.2, 0.25) is 0 Å². The number of hydrogen-bond donors (Lipinski definition) is 1. The average molecular weight is 306 g/mol. The van der Waals surface area contributed by atoms with E-state index in [2.05, 4.69) is 34.3 Å². The lowest BCUT2D eigenvalue weighted by molar-refractivity contribution is -0.125. The maximum atomic E-state index is 10.7. The SMILES string of the molecule is C=C1CC[C@H]2C(C)(C)[C@@H](O)CC[C@]2(C)[C@H]1CC[C@H](C)CC=O. The van der Waals surface area contributed by atoms with E-state index in [-0.39, 0.29) is 16.9 Å². The van der Waals surface area contributed by atoms with Gasteiger partial charge in [0.25, 0.3) is 0 Å². The largest absolute Gasteiger partial charge is 0.393 e. The molecule has 0 bridgehead atoms. The molecule has 0 saturated heterocycles. The summed E-state index contributed by atoms with van der Waals surface area (Å²) in [4.78, 5) is 10.7. The molecule has 0 amide bonds. The second kappa shape index (κ2) is 6.47. The molecule has 0 aromatic heterocycles. The molecule has 2 nitrogen and oxygen atoms in total. The Kier molecular flexibility index (Phi) is 5.21. The maximum Gasteiger partial charge on any atom is 0.120 e. The number of fused-ring (bicyclic) bond motifs is 1. The van der Waals surface area contributed by atoms with Gasteiger partial charge in [0, 0.05) is 6.42 Å². The molecule has 5 atom stereocenters. The molecule has 0 spiro atoms. The Hall–Kier alpha value is -0.630. The first kappa shape index (κ1) is 17.7. The Labute approximate surface area is 136 Å². The van der Waals surface area contributed by atoms with Crippen molar-refractivity contribution < 1.29 is 9.90 Å². The number of allylic oxidation sites excluding steroid dienone is 1. The molecular formula is C20H34O2. The van der Waals surface area contributed by atoms with Crippen LogP contribution in [0.3, 0.4) is 0 Å². The van der Waals surface area contributed by atoms with Gasteiger partial charge in [-0.2, -0.15) is 0 Å². The third kappa shape index (κ3) is 3.04. The zero-order valence-electron chi connectivity index (χ0n) is 14.9. The van der Waals surface area contributed by atoms with Gasteiger partial charge in [0.05, 0.1) is 6.10 Å². The van der Waals surface area contributed by atoms with Gasteiger partial charge in [-0.15, -0.1) is 0 Å². The molecule has 2 heteroatoms. The van der Waals surface area contributed by atoms with E-state index in [9.17, 15) is 9.90 Å². The second-order valence-corrected chi connectivity index (χ2v) is 8.77. The summed E-state index contributed by atoms with van der Waals surface area (Å²) in [5.74, 6) is 1.59. The highest BCUT2D eigenvalue weighted by Gasteiger charge is 2.55. The summed E-state index contributed by atoms with van der Waals surface area (Å²) in [5, 5.41) is 10.5. The number of carbonyl (C=O) groups excluding carboxylic acids is 1. The Balaban J connectivity index is 2.17. The fraction of sp³-hybridized carbons (Fsp3) is 0.850. The van der Waals surface area contributed by atoms with Gasteiger partial charge >= 0.3 is 0 Å². The Morgan fingerprint density at radius 2 is 2.05 bits per heavy atom. The van der Waals surface area contributed by atoms with Crippen molar-refractivity contribution >= 4 is 6.29 Å². The van der Waals surface area contributed by atoms with Crippen LogP contribution in [0.5, 0.6) is 0 Å². The van der Waals surface area contributed by atoms with Gasteiger partial charge < -0.3 is 9.90 Å². The fourth-order valence-corrected chi connectivity index (χ4v) is 5.43. The van der Waals surface area contributed by atoms with Crippen LogP contribution < -0.4 is 0 Å². The Morgan fingerprint density at radius 3 is 2.68 bits per heavy atom. The molecule has 1 N–H and O–H groups in total. The second-order valence-electron chi connectivity index (χ2n) is 8.77. The van der Waals surface area contributed by atoms with Gasteiger partial charge in [0.2, 0.25) is 0 Å². The van der Waals surface area contributed by atoms with Crippen LogP contribution in [0.1, 0.15) is 72.6 Å². The first-order valence-electron chi connectivity index (χ1n) is 9.02. The Bertz CT molecular complexity index is 425. The van der Waals surface area contributed by atoms with Crippen molar-refractivity contribution in [2.45, 2.75) is 78.7 Å². The van der Waals surface area contributed by atoms with Crippen LogP contribution in [0.15, 0.2) is 12.2 Å². The minimum atomic E-state index is -0.174. The number of aliphatic hydroxyl groups excluding tert-OH is 1. The summed E-state index contributed by atoms with van der Waals surface area (Å²) in [5.41, 5.74) is 1.67. The smallest absolute Gasteiger partial charge is 0.120 e. The molecule has 0 aliphatic heterocycles. The van der Waals surface area contributed by atoms with Gasteiger partial charge in [0.15, 0.2) is 0 Å². The van der Waals surface area contributed by atoms with Gasteiger partial charge in [0.1, 0.15) is 6.29 Å². The summed E-state index contributed by atoms with van der Waals surface area (Å²) in [7, 11) is 0. The zero-order valence-corrected chi connectivity index (χ0v) is 14.9. The van der Waals surface area contributed by atoms with Gasteiger partial charge in [-0.1, -0.05) is 39.8 Å². The topological polar surface area (TPSA) is 37.3 Å². The predicted octanol–water partition coefficient (Wildman–Crippen LogP) is 4.76. The van der Waals surface area contributed by atoms with Crippen molar-refractivity contribution in [3.05, 3.63) is 12.2 Å². The lowest BCUT2D eigenvalue weighted by Gasteiger charge is -2.59. The number of hydrogen-bond acceptors (Lipinski definition) is 2. The summed E-state index contributed by atoms with van der Waals surface area (Å²) in [6.07, 6.45) is 8.08. The van der Waals surface area contributed by atoms with Crippen molar-refractivity contribution in [2.24, 2.45) is 28.6 Å². The molecule has 0 aromatic carbocycles. The number of aldehydes is 1. The maximum absolute atomic E-state index is 10.7. The molecular weight excluding hydrogens is 272 g/mol. The molecule has 2 fully saturated rings. The van der Waals surface area contributed by atoms with Crippen molar-refractivity contribution in [3.8, 4) is 0 Å². The van der Waals surface area contributed by atoms with Crippen molar-refractivity contribution in [1.29, 1.82) is 0 Å². The van der Waals surface area contributed by atoms with E-state index in [4.69, 9.17) is 0 Å². The van der Waals surface area contributed by atoms with E-state index >= 15 is 0 Å². The highest BCUT2D eigenvalue weighted by molar-refractivity contribution is 5.49. The third-order valence-corrected chi connectivity index (χ3v) is 7.00. The van der Waals surface area contributed by atoms with Crippen molar-refractivity contribution in [2.75, 3.05) is 0 Å². The fourth-order valence-electron chi connectivity index (χ4n) is 5.43. The molecule has 0 heterocycles. The molecule has 126 valence electrons. The van der Waals surface area contributed by atoms with Crippen LogP contribution >= 0.6 is 0 Å². The monoisotopic (exact) mass is 306 g/mol. The molecule has 0 unspecified atom stereocenters. The zero-order chi connectivity index (χ0) is 16.5. The first-order valence-corrected chi connectivity index (χ1v) is 9.02. The van der Waals surface area contributed by atoms with Gasteiger partial charge in [-0.25, -0.2) is 0 Å². The summed E-state index contributed by atoms with van der Waals surface area (Å²) in [6, 6.07) is 0. The minimum absolute atomic E-state index is 0.000360. The molecule has 0 radical (unpaired) electrons. The third-order valence-electron chi connectivity index (χ3n) is 7.00. The van der Waals surface area contributed by atoms with Gasteiger partial charge in [-0.05, 0) is 67.1 Å². The van der Waals surface area contributed by atoms with E-state index in [0.717, 1.165) is 38.4 Å². The van der Waals surface area contributed by atoms with E-state index in [0.29, 0.717) is 24.2 Å². The Morgan fingerprint density at radius 1 is 1.36 bits per heavy atom.